The van der Waals surface area contributed by atoms with Crippen molar-refractivity contribution in [1.82, 2.24) is 10.2 Å². The van der Waals surface area contributed by atoms with E-state index in [2.05, 4.69) is 58.9 Å². The van der Waals surface area contributed by atoms with Crippen LogP contribution in [0.1, 0.15) is 5.56 Å². The molecule has 0 radical (unpaired) electrons. The van der Waals surface area contributed by atoms with E-state index >= 15 is 0 Å². The van der Waals surface area contributed by atoms with Gasteiger partial charge in [0, 0.05) is 9.40 Å². The summed E-state index contributed by atoms with van der Waals surface area (Å²) in [7, 11) is 0. The summed E-state index contributed by atoms with van der Waals surface area (Å²) in [6.07, 6.45) is 0. The van der Waals surface area contributed by atoms with Crippen LogP contribution in [0.5, 0.6) is 0 Å². The van der Waals surface area contributed by atoms with Crippen LogP contribution in [0.25, 0.3) is 31.1 Å². The van der Waals surface area contributed by atoms with Gasteiger partial charge >= 0.3 is 0 Å². The Kier molecular flexibility index (Phi) is 2.83. The normalized spacial score (nSPS) is 11.3. The lowest BCUT2D eigenvalue weighted by molar-refractivity contribution is 1.11. The van der Waals surface area contributed by atoms with Gasteiger partial charge in [0.2, 0.25) is 0 Å². The van der Waals surface area contributed by atoms with E-state index in [1.54, 1.807) is 22.7 Å². The first-order valence-corrected chi connectivity index (χ1v) is 8.30. The van der Waals surface area contributed by atoms with Crippen LogP contribution in [-0.2, 0) is 0 Å². The average Bonchev–Trinajstić information content (AvgIpc) is 3.13. The van der Waals surface area contributed by atoms with Gasteiger partial charge in [-0.05, 0) is 30.0 Å². The van der Waals surface area contributed by atoms with Crippen molar-refractivity contribution >= 4 is 37.9 Å². The van der Waals surface area contributed by atoms with Crippen LogP contribution in [0, 0.1) is 6.92 Å². The van der Waals surface area contributed by atoms with Gasteiger partial charge in [-0.1, -0.05) is 29.8 Å². The largest absolute Gasteiger partial charge is 0.382 e. The highest BCUT2D eigenvalue weighted by molar-refractivity contribution is 7.28. The highest BCUT2D eigenvalue weighted by Crippen LogP contribution is 2.41. The Morgan fingerprint density at radius 1 is 1.10 bits per heavy atom. The predicted molar refractivity (Wildman–Crippen MR) is 91.9 cm³/mol. The van der Waals surface area contributed by atoms with E-state index in [1.165, 1.54) is 19.8 Å². The Morgan fingerprint density at radius 3 is 2.67 bits per heavy atom. The Labute approximate surface area is 130 Å². The van der Waals surface area contributed by atoms with Gasteiger partial charge in [0.05, 0.1) is 16.1 Å². The molecule has 0 fully saturated rings. The summed E-state index contributed by atoms with van der Waals surface area (Å²) in [5.41, 5.74) is 10.4. The van der Waals surface area contributed by atoms with E-state index in [0.29, 0.717) is 5.82 Å². The quantitative estimate of drug-likeness (QED) is 0.552. The Morgan fingerprint density at radius 2 is 1.90 bits per heavy atom. The molecule has 0 aliphatic heterocycles. The number of thiophene rings is 2. The second-order valence-electron chi connectivity index (χ2n) is 4.98. The van der Waals surface area contributed by atoms with E-state index in [-0.39, 0.29) is 0 Å². The number of aryl methyl sites for hydroxylation is 1. The van der Waals surface area contributed by atoms with Crippen LogP contribution in [0.2, 0.25) is 0 Å². The number of fused-ring (bicyclic) bond motifs is 1. The molecule has 3 N–H and O–H groups in total. The molecule has 0 amide bonds. The molecule has 5 heteroatoms. The summed E-state index contributed by atoms with van der Waals surface area (Å²) < 4.78 is 2.61. The van der Waals surface area contributed by atoms with E-state index in [4.69, 9.17) is 5.73 Å². The molecule has 4 aromatic rings. The van der Waals surface area contributed by atoms with Crippen molar-refractivity contribution in [3.8, 4) is 21.7 Å². The Hall–Kier alpha value is -2.11. The fourth-order valence-electron chi connectivity index (χ4n) is 2.44. The van der Waals surface area contributed by atoms with Gasteiger partial charge in [-0.15, -0.1) is 22.7 Å². The summed E-state index contributed by atoms with van der Waals surface area (Å²) in [5.74, 6) is 0.547. The van der Waals surface area contributed by atoms with Crippen molar-refractivity contribution in [3.63, 3.8) is 0 Å². The van der Waals surface area contributed by atoms with Gasteiger partial charge in [0.1, 0.15) is 0 Å². The van der Waals surface area contributed by atoms with Crippen LogP contribution in [0.3, 0.4) is 0 Å². The van der Waals surface area contributed by atoms with Crippen molar-refractivity contribution in [3.05, 3.63) is 47.3 Å². The second kappa shape index (κ2) is 4.72. The molecular weight excluding hydrogens is 298 g/mol. The smallest absolute Gasteiger partial charge is 0.153 e. The van der Waals surface area contributed by atoms with E-state index in [0.717, 1.165) is 16.8 Å². The van der Waals surface area contributed by atoms with Gasteiger partial charge in [-0.25, -0.2) is 0 Å². The van der Waals surface area contributed by atoms with Crippen molar-refractivity contribution in [2.24, 2.45) is 0 Å². The van der Waals surface area contributed by atoms with Crippen molar-refractivity contribution in [2.45, 2.75) is 6.92 Å². The zero-order valence-corrected chi connectivity index (χ0v) is 13.0. The third kappa shape index (κ3) is 2.05. The van der Waals surface area contributed by atoms with Crippen LogP contribution < -0.4 is 5.73 Å². The molecule has 0 aliphatic carbocycles. The minimum absolute atomic E-state index is 0.547. The summed E-state index contributed by atoms with van der Waals surface area (Å²) in [6, 6.07) is 12.7. The molecule has 3 heterocycles. The highest BCUT2D eigenvalue weighted by atomic mass is 32.1. The summed E-state index contributed by atoms with van der Waals surface area (Å²) in [4.78, 5) is 1.18. The molecule has 3 aromatic heterocycles. The number of nitrogens with one attached hydrogen (secondary N) is 1. The van der Waals surface area contributed by atoms with Gasteiger partial charge in [-0.3, -0.25) is 5.10 Å². The average molecular weight is 311 g/mol. The van der Waals surface area contributed by atoms with Gasteiger partial charge in [0.15, 0.2) is 5.82 Å². The Balaban J connectivity index is 1.90. The summed E-state index contributed by atoms with van der Waals surface area (Å²) in [6.45, 7) is 2.08. The van der Waals surface area contributed by atoms with E-state index < -0.39 is 0 Å². The van der Waals surface area contributed by atoms with Gasteiger partial charge in [0.25, 0.3) is 0 Å². The molecule has 104 valence electrons. The van der Waals surface area contributed by atoms with E-state index in [9.17, 15) is 0 Å². The number of nitrogen functional groups attached to an aromatic ring is 1. The lowest BCUT2D eigenvalue weighted by Gasteiger charge is -2.03. The lowest BCUT2D eigenvalue weighted by Crippen LogP contribution is -1.88. The lowest BCUT2D eigenvalue weighted by atomic mass is 10.0. The number of aromatic nitrogens is 2. The molecule has 0 unspecified atom stereocenters. The first-order chi connectivity index (χ1) is 10.2. The third-order valence-electron chi connectivity index (χ3n) is 3.52. The molecule has 0 saturated heterocycles. The second-order valence-corrected chi connectivity index (χ2v) is 7.02. The standard InChI is InChI=1S/C16H13N3S2/c1-9-2-4-10(5-3-9)14-15(18-19-16(14)17)13-8-12-11(21-13)6-7-20-12/h2-8H,1H3,(H3,17,18,19). The molecule has 0 aliphatic rings. The zero-order chi connectivity index (χ0) is 14.4. The number of hydrogen-bond donors (Lipinski definition) is 2. The highest BCUT2D eigenvalue weighted by Gasteiger charge is 2.17. The SMILES string of the molecule is Cc1ccc(-c2c(N)n[nH]c2-c2cc3sccc3s2)cc1. The number of nitrogens with zero attached hydrogens (tertiary/aromatic N) is 1. The number of benzene rings is 1. The maximum atomic E-state index is 6.08. The van der Waals surface area contributed by atoms with Crippen molar-refractivity contribution in [1.29, 1.82) is 0 Å². The minimum atomic E-state index is 0.547. The van der Waals surface area contributed by atoms with Gasteiger partial charge in [-0.2, -0.15) is 5.10 Å². The van der Waals surface area contributed by atoms with Crippen LogP contribution in [-0.4, -0.2) is 10.2 Å². The molecule has 3 nitrogen and oxygen atoms in total. The molecule has 4 rings (SSSR count). The first-order valence-electron chi connectivity index (χ1n) is 6.60. The number of H-pyrrole nitrogens is 1. The van der Waals surface area contributed by atoms with Crippen molar-refractivity contribution < 1.29 is 0 Å². The number of rotatable bonds is 2. The minimum Gasteiger partial charge on any atom is -0.382 e. The third-order valence-corrected chi connectivity index (χ3v) is 5.63. The molecule has 0 spiro atoms. The van der Waals surface area contributed by atoms with Gasteiger partial charge < -0.3 is 5.73 Å². The Bertz CT molecular complexity index is 884. The maximum absolute atomic E-state index is 6.08. The van der Waals surface area contributed by atoms with Crippen LogP contribution in [0.15, 0.2) is 41.8 Å². The number of aromatic amines is 1. The monoisotopic (exact) mass is 311 g/mol. The molecule has 0 atom stereocenters. The summed E-state index contributed by atoms with van der Waals surface area (Å²) >= 11 is 3.52. The zero-order valence-electron chi connectivity index (χ0n) is 11.4. The maximum Gasteiger partial charge on any atom is 0.153 e. The molecule has 21 heavy (non-hydrogen) atoms. The van der Waals surface area contributed by atoms with Crippen LogP contribution in [0.4, 0.5) is 5.82 Å². The predicted octanol–water partition coefficient (Wildman–Crippen LogP) is 4.91. The number of nitrogens with two attached hydrogens (primary N) is 1. The van der Waals surface area contributed by atoms with E-state index in [1.807, 2.05) is 0 Å². The fraction of sp³-hybridized carbons (Fsp3) is 0.0625. The fourth-order valence-corrected chi connectivity index (χ4v) is 4.55. The summed E-state index contributed by atoms with van der Waals surface area (Å²) in [5, 5.41) is 9.42. The molecule has 0 saturated carbocycles. The molecule has 1 aromatic carbocycles. The number of anilines is 1. The van der Waals surface area contributed by atoms with Crippen LogP contribution >= 0.6 is 22.7 Å². The number of hydrogen-bond acceptors (Lipinski definition) is 4. The topological polar surface area (TPSA) is 54.7 Å². The molecule has 0 bridgehead atoms. The molecular formula is C16H13N3S2. The first kappa shape index (κ1) is 12.6. The van der Waals surface area contributed by atoms with Crippen molar-refractivity contribution in [2.75, 3.05) is 5.73 Å².